The van der Waals surface area contributed by atoms with Crippen molar-refractivity contribution in [3.8, 4) is 22.5 Å². The number of pyridine rings is 3. The summed E-state index contributed by atoms with van der Waals surface area (Å²) in [7, 11) is -1.50. The largest absolute Gasteiger partial charge is 0.486 e. The normalized spacial score (nSPS) is 12.3. The van der Waals surface area contributed by atoms with E-state index in [1.807, 2.05) is 68.6 Å². The van der Waals surface area contributed by atoms with Crippen LogP contribution < -0.4 is 5.19 Å². The summed E-state index contributed by atoms with van der Waals surface area (Å²) in [4.78, 5) is 12.9. The first-order valence-corrected chi connectivity index (χ1v) is 18.0. The quantitative estimate of drug-likeness (QED) is 0.102. The minimum Gasteiger partial charge on any atom is -0.486 e. The fraction of sp³-hybridized carbons (Fsp3) is 0.270. The van der Waals surface area contributed by atoms with Crippen LogP contribution >= 0.6 is 0 Å². The van der Waals surface area contributed by atoms with Gasteiger partial charge in [-0.05, 0) is 51.6 Å². The van der Waals surface area contributed by atoms with E-state index in [1.165, 1.54) is 16.8 Å². The van der Waals surface area contributed by atoms with Crippen LogP contribution in [0.2, 0.25) is 19.6 Å². The van der Waals surface area contributed by atoms with Crippen LogP contribution in [0.15, 0.2) is 83.5 Å². The van der Waals surface area contributed by atoms with Gasteiger partial charge in [-0.25, -0.2) is 0 Å². The topological polar surface area (TPSA) is 51.8 Å². The first-order chi connectivity index (χ1) is 20.6. The van der Waals surface area contributed by atoms with Crippen molar-refractivity contribution in [1.82, 2.24) is 15.0 Å². The average molecular weight is 781 g/mol. The molecule has 6 aromatic rings. The molecule has 0 atom stereocenters. The zero-order chi connectivity index (χ0) is 31.9. The first-order valence-electron chi connectivity index (χ1n) is 15.0. The van der Waals surface area contributed by atoms with Gasteiger partial charge < -0.3 is 14.4 Å². The van der Waals surface area contributed by atoms with Crippen LogP contribution in [0.1, 0.15) is 53.0 Å². The van der Waals surface area contributed by atoms with Crippen LogP contribution in [0.25, 0.3) is 44.6 Å². The molecule has 0 spiro atoms. The smallest absolute Gasteiger partial charge is 0.218 e. The maximum atomic E-state index is 13.4. The zero-order valence-electron chi connectivity index (χ0n) is 27.5. The summed E-state index contributed by atoms with van der Waals surface area (Å²) in [5, 5.41) is 2.94. The second-order valence-electron chi connectivity index (χ2n) is 13.0. The number of furan rings is 1. The number of nitrogens with zero attached hydrogens (tertiary/aromatic N) is 3. The van der Waals surface area contributed by atoms with E-state index in [0.717, 1.165) is 38.9 Å². The maximum Gasteiger partial charge on any atom is 0.218 e. The molecule has 4 nitrogen and oxygen atoms in total. The summed E-state index contributed by atoms with van der Waals surface area (Å²) in [6.07, 6.45) is 3.77. The third kappa shape index (κ3) is 7.23. The van der Waals surface area contributed by atoms with E-state index in [0.29, 0.717) is 5.58 Å². The molecule has 0 bridgehead atoms. The number of aromatic nitrogens is 3. The van der Waals surface area contributed by atoms with Crippen molar-refractivity contribution in [2.24, 2.45) is 0 Å². The van der Waals surface area contributed by atoms with Crippen LogP contribution in [-0.4, -0.2) is 23.0 Å². The molecule has 0 fully saturated rings. The predicted molar refractivity (Wildman–Crippen MR) is 178 cm³/mol. The molecule has 0 unspecified atom stereocenters. The fourth-order valence-electron chi connectivity index (χ4n) is 4.99. The standard InChI is InChI=1S/C20H16FN2O.C17H22NSi.Ir/c1-20(2,3)12-9-10-22-16(11-12)15-6-4-5-13-14-7-8-17(21)23-19(14)24-18(13)15;1-13(2)15-11-16(14-9-7-6-8-10-14)18-12-17(15)19(3,4)5;/h4-5,7-11H,1-3H3;6-9,11-13H,1-5H3;/q2*-1;/i;13D;. The molecule has 229 valence electrons. The summed E-state index contributed by atoms with van der Waals surface area (Å²) >= 11 is 0. The predicted octanol–water partition coefficient (Wildman–Crippen LogP) is 9.49. The van der Waals surface area contributed by atoms with Crippen molar-refractivity contribution in [1.29, 1.82) is 0 Å². The molecule has 4 heterocycles. The number of hydrogen-bond acceptors (Lipinski definition) is 4. The van der Waals surface area contributed by atoms with E-state index in [4.69, 9.17) is 5.79 Å². The molecular weight excluding hydrogens is 742 g/mol. The second kappa shape index (κ2) is 13.2. The third-order valence-electron chi connectivity index (χ3n) is 7.38. The Morgan fingerprint density at radius 1 is 0.909 bits per heavy atom. The molecule has 0 amide bonds. The van der Waals surface area contributed by atoms with Gasteiger partial charge in [-0.3, -0.25) is 0 Å². The second-order valence-corrected chi connectivity index (χ2v) is 18.0. The minimum absolute atomic E-state index is 0. The van der Waals surface area contributed by atoms with Crippen molar-refractivity contribution in [2.45, 2.75) is 65.6 Å². The molecule has 2 aromatic carbocycles. The Bertz CT molecular complexity index is 1940. The van der Waals surface area contributed by atoms with Gasteiger partial charge in [-0.1, -0.05) is 82.9 Å². The van der Waals surface area contributed by atoms with Gasteiger partial charge in [-0.15, -0.1) is 54.1 Å². The van der Waals surface area contributed by atoms with Gasteiger partial charge in [0, 0.05) is 39.3 Å². The number of benzene rings is 2. The van der Waals surface area contributed by atoms with Crippen LogP contribution in [0.4, 0.5) is 4.39 Å². The molecule has 0 aliphatic heterocycles. The van der Waals surface area contributed by atoms with Crippen LogP contribution in [-0.2, 0) is 25.5 Å². The summed E-state index contributed by atoms with van der Waals surface area (Å²) in [5.74, 6) is -1.16. The first kappa shape index (κ1) is 31.9. The Hall–Kier alpha value is -3.51. The summed E-state index contributed by atoms with van der Waals surface area (Å²) in [5.41, 5.74) is 6.65. The van der Waals surface area contributed by atoms with Gasteiger partial charge in [0.2, 0.25) is 11.7 Å². The maximum absolute atomic E-state index is 13.4. The molecule has 0 aliphatic rings. The monoisotopic (exact) mass is 781 g/mol. The average Bonchev–Trinajstić information content (AvgIpc) is 3.34. The van der Waals surface area contributed by atoms with E-state index >= 15 is 0 Å². The fourth-order valence-corrected chi connectivity index (χ4v) is 6.57. The van der Waals surface area contributed by atoms with Gasteiger partial charge >= 0.3 is 0 Å². The molecule has 4 aromatic heterocycles. The summed E-state index contributed by atoms with van der Waals surface area (Å²) < 4.78 is 27.6. The summed E-state index contributed by atoms with van der Waals surface area (Å²) in [6, 6.07) is 27.2. The van der Waals surface area contributed by atoms with Gasteiger partial charge in [-0.2, -0.15) is 9.37 Å². The van der Waals surface area contributed by atoms with Crippen molar-refractivity contribution in [2.75, 3.05) is 0 Å². The van der Waals surface area contributed by atoms with Crippen LogP contribution in [0.5, 0.6) is 0 Å². The molecule has 44 heavy (non-hydrogen) atoms. The third-order valence-corrected chi connectivity index (χ3v) is 9.40. The van der Waals surface area contributed by atoms with Crippen LogP contribution in [0.3, 0.4) is 0 Å². The van der Waals surface area contributed by atoms with E-state index in [1.54, 1.807) is 12.3 Å². The zero-order valence-corrected chi connectivity index (χ0v) is 29.9. The van der Waals surface area contributed by atoms with E-state index in [-0.39, 0.29) is 31.2 Å². The van der Waals surface area contributed by atoms with E-state index in [2.05, 4.69) is 73.6 Å². The van der Waals surface area contributed by atoms with Crippen LogP contribution in [0, 0.1) is 18.1 Å². The number of hydrogen-bond donors (Lipinski definition) is 0. The Kier molecular flexibility index (Phi) is 9.59. The molecule has 0 aliphatic carbocycles. The SMILES string of the molecule is CC(C)(C)c1ccnc(-c2[c-]ccc3c2oc2nc(F)ccc23)c1.[2H]C(C)(C)c1cc(-c2[c-]cccc2)ncc1[Si](C)(C)C.[Ir]. The van der Waals surface area contributed by atoms with E-state index in [9.17, 15) is 4.39 Å². The van der Waals surface area contributed by atoms with E-state index < -0.39 is 19.9 Å². The van der Waals surface area contributed by atoms with Crippen molar-refractivity contribution in [3.05, 3.63) is 108 Å². The Balaban J connectivity index is 0.000000204. The Morgan fingerprint density at radius 2 is 1.68 bits per heavy atom. The van der Waals surface area contributed by atoms with Crippen molar-refractivity contribution < 1.29 is 30.3 Å². The van der Waals surface area contributed by atoms with Gasteiger partial charge in [0.25, 0.3) is 0 Å². The number of halogens is 1. The number of rotatable bonds is 4. The molecule has 0 saturated heterocycles. The molecule has 0 N–H and O–H groups in total. The van der Waals surface area contributed by atoms with Gasteiger partial charge in [0.1, 0.15) is 0 Å². The molecular formula is C37H38FIrN3OSi-2. The summed E-state index contributed by atoms with van der Waals surface area (Å²) in [6.45, 7) is 17.3. The Labute approximate surface area is 276 Å². The van der Waals surface area contributed by atoms with Crippen molar-refractivity contribution >= 4 is 35.3 Å². The van der Waals surface area contributed by atoms with Crippen molar-refractivity contribution in [3.63, 3.8) is 0 Å². The Morgan fingerprint density at radius 3 is 2.34 bits per heavy atom. The minimum atomic E-state index is -1.50. The molecule has 6 rings (SSSR count). The molecule has 0 saturated carbocycles. The van der Waals surface area contributed by atoms with Gasteiger partial charge in [0.05, 0.1) is 13.7 Å². The van der Waals surface area contributed by atoms with Gasteiger partial charge in [0.15, 0.2) is 0 Å². The molecule has 7 heteroatoms. The molecule has 1 radical (unpaired) electrons. The number of fused-ring (bicyclic) bond motifs is 3.